The molecular weight excluding hydrogens is 781 g/mol. The fourth-order valence-corrected chi connectivity index (χ4v) is 8.64. The molecule has 2 aromatic carbocycles. The zero-order valence-electron chi connectivity index (χ0n) is 33.8. The van der Waals surface area contributed by atoms with Gasteiger partial charge in [-0.1, -0.05) is 43.0 Å². The lowest BCUT2D eigenvalue weighted by Crippen LogP contribution is -2.57. The van der Waals surface area contributed by atoms with Crippen LogP contribution in [0.25, 0.3) is 22.2 Å². The highest BCUT2D eigenvalue weighted by molar-refractivity contribution is 7.91. The number of carbonyl (C=O) groups is 5. The van der Waals surface area contributed by atoms with Crippen molar-refractivity contribution in [2.45, 2.75) is 94.4 Å². The van der Waals surface area contributed by atoms with Crippen molar-refractivity contribution in [3.8, 4) is 22.8 Å². The number of fused-ring (bicyclic) bond motifs is 1. The van der Waals surface area contributed by atoms with Gasteiger partial charge in [-0.2, -0.15) is 0 Å². The number of nitrogens with zero attached hydrogens (tertiary/aromatic N) is 2. The minimum Gasteiger partial charge on any atom is -0.497 e. The Morgan fingerprint density at radius 2 is 1.76 bits per heavy atom. The number of likely N-dealkylation sites (tertiary alicyclic amines) is 1. The second-order valence-electron chi connectivity index (χ2n) is 16.2. The molecule has 16 heteroatoms. The Balaban J connectivity index is 1.36. The number of carbonyl (C=O) groups excluding carboxylic acids is 5. The van der Waals surface area contributed by atoms with Gasteiger partial charge in [-0.05, 0) is 59.1 Å². The highest BCUT2D eigenvalue weighted by Crippen LogP contribution is 2.46. The Bertz CT molecular complexity index is 2270. The number of methoxy groups -OCH3 is 1. The van der Waals surface area contributed by atoms with Gasteiger partial charge in [0.05, 0.1) is 42.5 Å². The Labute approximate surface area is 343 Å². The lowest BCUT2D eigenvalue weighted by atomic mass is 9.96. The van der Waals surface area contributed by atoms with E-state index in [-0.39, 0.29) is 19.4 Å². The van der Waals surface area contributed by atoms with Crippen LogP contribution in [0.3, 0.4) is 0 Å². The number of hydrogen-bond donors (Lipinski definition) is 2. The molecule has 314 valence electrons. The van der Waals surface area contributed by atoms with Crippen molar-refractivity contribution in [2.75, 3.05) is 13.7 Å². The minimum atomic E-state index is -3.96. The maximum absolute atomic E-state index is 14.8. The summed E-state index contributed by atoms with van der Waals surface area (Å²) < 4.78 is 50.9. The molecule has 1 saturated heterocycles. The SMILES string of the molecule is C=CC(=O)O[C@H](C)[C@H](CC(=O)OC(C)(C)C)C(=O)N1C[C@H](Oc2cc(-c3ccccc3)nc3cc(OC)ccc23)C[C@H]1C(=O)N[C@]1(C(=O)NS(=O)(=O)C2CC2)C[C@H]1C=C. The van der Waals surface area contributed by atoms with Crippen LogP contribution >= 0.6 is 0 Å². The third kappa shape index (κ3) is 9.75. The Morgan fingerprint density at radius 3 is 2.37 bits per heavy atom. The first kappa shape index (κ1) is 42.8. The molecule has 3 aromatic rings. The Kier molecular flexibility index (Phi) is 12.2. The molecule has 6 atom stereocenters. The molecule has 0 radical (unpaired) electrons. The molecule has 15 nitrogen and oxygen atoms in total. The predicted octanol–water partition coefficient (Wildman–Crippen LogP) is 4.39. The van der Waals surface area contributed by atoms with E-state index in [2.05, 4.69) is 23.2 Å². The van der Waals surface area contributed by atoms with Gasteiger partial charge < -0.3 is 29.2 Å². The van der Waals surface area contributed by atoms with Crippen molar-refractivity contribution >= 4 is 50.6 Å². The number of esters is 2. The maximum atomic E-state index is 14.8. The second kappa shape index (κ2) is 16.8. The van der Waals surface area contributed by atoms with E-state index in [4.69, 9.17) is 23.9 Å². The third-order valence-electron chi connectivity index (χ3n) is 10.6. The summed E-state index contributed by atoms with van der Waals surface area (Å²) >= 11 is 0. The smallest absolute Gasteiger partial charge is 0.330 e. The summed E-state index contributed by atoms with van der Waals surface area (Å²) in [5.41, 5.74) is -0.569. The van der Waals surface area contributed by atoms with E-state index in [0.29, 0.717) is 40.9 Å². The van der Waals surface area contributed by atoms with E-state index in [0.717, 1.165) is 11.6 Å². The average molecular weight is 831 g/mol. The lowest BCUT2D eigenvalue weighted by Gasteiger charge is -2.31. The van der Waals surface area contributed by atoms with E-state index in [1.165, 1.54) is 17.9 Å². The van der Waals surface area contributed by atoms with E-state index in [1.807, 2.05) is 30.3 Å². The van der Waals surface area contributed by atoms with Gasteiger partial charge in [0, 0.05) is 41.5 Å². The number of amides is 3. The van der Waals surface area contributed by atoms with Gasteiger partial charge in [-0.25, -0.2) is 18.2 Å². The average Bonchev–Trinajstić information content (AvgIpc) is 4.12. The zero-order chi connectivity index (χ0) is 42.9. The number of hydrogen-bond acceptors (Lipinski definition) is 12. The minimum absolute atomic E-state index is 0.0744. The molecule has 2 heterocycles. The van der Waals surface area contributed by atoms with Gasteiger partial charge in [0.15, 0.2) is 0 Å². The standard InChI is InChI=1S/C43H50N4O11S/c1-8-27-23-43(27,41(52)46-59(53,54)30-16-17-30)45-39(50)35-20-29(24-47(35)40(51)32(25(3)56-37(48)9-2)21-38(49)58-42(4,5)6)57-36-22-33(26-13-11-10-12-14-26)44-34-19-28(55-7)15-18-31(34)36/h8-15,18-19,22,25,27,29-30,32,35H,1-2,16-17,20-21,23-24H2,3-7H3,(H,45,50)(H,46,52)/t25-,27-,29-,32+,35+,43-/m1/s1. The summed E-state index contributed by atoms with van der Waals surface area (Å²) in [5, 5.41) is 2.71. The summed E-state index contributed by atoms with van der Waals surface area (Å²) in [7, 11) is -2.42. The largest absolute Gasteiger partial charge is 0.497 e. The maximum Gasteiger partial charge on any atom is 0.330 e. The van der Waals surface area contributed by atoms with Crippen LogP contribution in [0.2, 0.25) is 0 Å². The number of sulfonamides is 1. The molecule has 0 spiro atoms. The first-order valence-corrected chi connectivity index (χ1v) is 21.0. The van der Waals surface area contributed by atoms with Crippen molar-refractivity contribution < 1.29 is 51.3 Å². The van der Waals surface area contributed by atoms with Crippen LogP contribution in [0, 0.1) is 11.8 Å². The first-order valence-electron chi connectivity index (χ1n) is 19.4. The third-order valence-corrected chi connectivity index (χ3v) is 12.4. The normalized spacial score (nSPS) is 22.3. The van der Waals surface area contributed by atoms with Crippen LogP contribution in [0.5, 0.6) is 11.5 Å². The van der Waals surface area contributed by atoms with Gasteiger partial charge in [0.2, 0.25) is 21.8 Å². The number of rotatable bonds is 16. The van der Waals surface area contributed by atoms with Gasteiger partial charge in [-0.3, -0.25) is 23.9 Å². The number of ether oxygens (including phenoxy) is 4. The van der Waals surface area contributed by atoms with Crippen LogP contribution in [0.1, 0.15) is 59.8 Å². The van der Waals surface area contributed by atoms with Crippen molar-refractivity contribution in [3.05, 3.63) is 79.9 Å². The van der Waals surface area contributed by atoms with Crippen molar-refractivity contribution in [1.82, 2.24) is 19.9 Å². The molecule has 6 rings (SSSR count). The molecule has 0 bridgehead atoms. The molecule has 0 unspecified atom stereocenters. The number of pyridine rings is 1. The van der Waals surface area contributed by atoms with Gasteiger partial charge >= 0.3 is 11.9 Å². The van der Waals surface area contributed by atoms with Crippen molar-refractivity contribution in [1.29, 1.82) is 0 Å². The number of nitrogens with one attached hydrogen (secondary N) is 2. The van der Waals surface area contributed by atoms with E-state index in [9.17, 15) is 32.4 Å². The van der Waals surface area contributed by atoms with Gasteiger partial charge in [0.1, 0.15) is 40.9 Å². The van der Waals surface area contributed by atoms with Crippen LogP contribution in [0.4, 0.5) is 0 Å². The lowest BCUT2D eigenvalue weighted by molar-refractivity contribution is -0.164. The van der Waals surface area contributed by atoms with Gasteiger partial charge in [0.25, 0.3) is 5.91 Å². The summed E-state index contributed by atoms with van der Waals surface area (Å²) in [6, 6.07) is 15.2. The quantitative estimate of drug-likeness (QED) is 0.118. The van der Waals surface area contributed by atoms with E-state index < -0.39 is 92.6 Å². The fourth-order valence-electron chi connectivity index (χ4n) is 7.27. The molecule has 1 aliphatic heterocycles. The highest BCUT2D eigenvalue weighted by atomic mass is 32.2. The number of aromatic nitrogens is 1. The molecule has 3 fully saturated rings. The Morgan fingerprint density at radius 1 is 1.05 bits per heavy atom. The highest BCUT2D eigenvalue weighted by Gasteiger charge is 2.62. The summed E-state index contributed by atoms with van der Waals surface area (Å²) in [5.74, 6) is -4.87. The van der Waals surface area contributed by atoms with Crippen molar-refractivity contribution in [2.24, 2.45) is 11.8 Å². The Hall–Kier alpha value is -5.77. The zero-order valence-corrected chi connectivity index (χ0v) is 34.6. The molecule has 2 aliphatic carbocycles. The van der Waals surface area contributed by atoms with E-state index in [1.54, 1.807) is 52.1 Å². The van der Waals surface area contributed by atoms with Crippen LogP contribution in [-0.4, -0.2) is 96.3 Å². The molecule has 1 aromatic heterocycles. The predicted molar refractivity (Wildman–Crippen MR) is 217 cm³/mol. The molecule has 59 heavy (non-hydrogen) atoms. The monoisotopic (exact) mass is 830 g/mol. The van der Waals surface area contributed by atoms with Gasteiger partial charge in [-0.15, -0.1) is 6.58 Å². The molecule has 3 aliphatic rings. The number of benzene rings is 2. The molecular formula is C43H50N4O11S. The summed E-state index contributed by atoms with van der Waals surface area (Å²) in [6.07, 6.45) is 0.751. The molecule has 2 saturated carbocycles. The fraction of sp³-hybridized carbons (Fsp3) is 0.442. The molecule has 2 N–H and O–H groups in total. The summed E-state index contributed by atoms with van der Waals surface area (Å²) in [4.78, 5) is 74.6. The topological polar surface area (TPSA) is 197 Å². The summed E-state index contributed by atoms with van der Waals surface area (Å²) in [6.45, 7) is 13.5. The van der Waals surface area contributed by atoms with E-state index >= 15 is 0 Å². The first-order chi connectivity index (χ1) is 27.9. The second-order valence-corrected chi connectivity index (χ2v) is 18.1. The molecule has 3 amide bonds. The van der Waals surface area contributed by atoms with Crippen LogP contribution < -0.4 is 19.5 Å². The van der Waals surface area contributed by atoms with Crippen LogP contribution in [0.15, 0.2) is 79.9 Å². The van der Waals surface area contributed by atoms with Crippen LogP contribution in [-0.2, 0) is 43.5 Å². The van der Waals surface area contributed by atoms with Crippen molar-refractivity contribution in [3.63, 3.8) is 0 Å².